The lowest BCUT2D eigenvalue weighted by molar-refractivity contribution is 1.89. The van der Waals surface area contributed by atoms with Crippen LogP contribution in [0.15, 0.2) is 47.1 Å². The van der Waals surface area contributed by atoms with Crippen LogP contribution in [0.2, 0.25) is 0 Å². The van der Waals surface area contributed by atoms with E-state index in [1.54, 1.807) is 12.2 Å². The zero-order chi connectivity index (χ0) is 7.11. The third-order valence-electron chi connectivity index (χ3n) is 0.669. The van der Waals surface area contributed by atoms with Gasteiger partial charge in [-0.15, -0.1) is 0 Å². The smallest absolute Gasteiger partial charge is 0.0130 e. The van der Waals surface area contributed by atoms with Gasteiger partial charge in [-0.1, -0.05) is 31.4 Å². The first-order valence-corrected chi connectivity index (χ1v) is 3.66. The molecule has 1 heteroatoms. The molecular weight excluding hydrogens is 223 g/mol. The zero-order valence-corrected chi connectivity index (χ0v) is 7.34. The maximum absolute atomic E-state index is 3.57. The molecule has 0 unspecified atom stereocenters. The molecule has 9 heavy (non-hydrogen) atoms. The second-order valence-electron chi connectivity index (χ2n) is 1.38. The Labute approximate surface area is 69.8 Å². The molecule has 0 aromatic rings. The second kappa shape index (κ2) is 5.82. The van der Waals surface area contributed by atoms with Crippen LogP contribution in [0, 0.1) is 0 Å². The SMILES string of the molecule is C=C/C=C\C(I)=C/C=C. The van der Waals surface area contributed by atoms with Crippen LogP contribution in [0.5, 0.6) is 0 Å². The molecule has 0 spiro atoms. The number of allylic oxidation sites excluding steroid dienone is 6. The van der Waals surface area contributed by atoms with Gasteiger partial charge in [0.2, 0.25) is 0 Å². The van der Waals surface area contributed by atoms with Crippen molar-refractivity contribution in [1.82, 2.24) is 0 Å². The largest absolute Gasteiger partial charge is 0.0991 e. The molecule has 0 atom stereocenters. The zero-order valence-electron chi connectivity index (χ0n) is 5.18. The fourth-order valence-electron chi connectivity index (χ4n) is 0.328. The van der Waals surface area contributed by atoms with E-state index in [-0.39, 0.29) is 0 Å². The molecule has 0 aromatic carbocycles. The number of halogens is 1. The highest BCUT2D eigenvalue weighted by Gasteiger charge is 1.75. The second-order valence-corrected chi connectivity index (χ2v) is 2.63. The Morgan fingerprint density at radius 2 is 1.89 bits per heavy atom. The van der Waals surface area contributed by atoms with Crippen LogP contribution in [-0.2, 0) is 0 Å². The first-order chi connectivity index (χ1) is 4.31. The normalized spacial score (nSPS) is 11.9. The third kappa shape index (κ3) is 5.56. The van der Waals surface area contributed by atoms with E-state index < -0.39 is 0 Å². The summed E-state index contributed by atoms with van der Waals surface area (Å²) in [5, 5.41) is 0. The molecule has 0 saturated heterocycles. The van der Waals surface area contributed by atoms with Crippen molar-refractivity contribution in [1.29, 1.82) is 0 Å². The summed E-state index contributed by atoms with van der Waals surface area (Å²) in [6.45, 7) is 7.12. The predicted molar refractivity (Wildman–Crippen MR) is 51.6 cm³/mol. The van der Waals surface area contributed by atoms with Crippen LogP contribution in [-0.4, -0.2) is 0 Å². The van der Waals surface area contributed by atoms with Gasteiger partial charge in [0.05, 0.1) is 0 Å². The van der Waals surface area contributed by atoms with E-state index in [2.05, 4.69) is 35.7 Å². The van der Waals surface area contributed by atoms with Crippen molar-refractivity contribution in [3.05, 3.63) is 47.1 Å². The lowest BCUT2D eigenvalue weighted by atomic mass is 10.4. The van der Waals surface area contributed by atoms with Crippen molar-refractivity contribution in [2.75, 3.05) is 0 Å². The van der Waals surface area contributed by atoms with E-state index in [0.29, 0.717) is 0 Å². The van der Waals surface area contributed by atoms with Crippen LogP contribution < -0.4 is 0 Å². The lowest BCUT2D eigenvalue weighted by Crippen LogP contribution is -1.56. The summed E-state index contributed by atoms with van der Waals surface area (Å²) in [5.74, 6) is 0. The van der Waals surface area contributed by atoms with Crippen molar-refractivity contribution in [3.8, 4) is 0 Å². The van der Waals surface area contributed by atoms with Crippen molar-refractivity contribution in [2.24, 2.45) is 0 Å². The molecule has 0 N–H and O–H groups in total. The van der Waals surface area contributed by atoms with Crippen LogP contribution in [0.4, 0.5) is 0 Å². The minimum atomic E-state index is 1.16. The quantitative estimate of drug-likeness (QED) is 0.517. The van der Waals surface area contributed by atoms with Gasteiger partial charge in [-0.2, -0.15) is 0 Å². The standard InChI is InChI=1S/C8H9I/c1-3-5-7-8(9)6-4-2/h3-7H,1-2H2/b7-5-,8-6+. The van der Waals surface area contributed by atoms with Crippen LogP contribution >= 0.6 is 22.6 Å². The van der Waals surface area contributed by atoms with E-state index in [4.69, 9.17) is 0 Å². The average molecular weight is 232 g/mol. The average Bonchev–Trinajstić information content (AvgIpc) is 1.85. The molecule has 48 valence electrons. The topological polar surface area (TPSA) is 0 Å². The van der Waals surface area contributed by atoms with Gasteiger partial charge in [-0.25, -0.2) is 0 Å². The Bertz CT molecular complexity index is 152. The highest BCUT2D eigenvalue weighted by atomic mass is 127. The Morgan fingerprint density at radius 1 is 1.22 bits per heavy atom. The van der Waals surface area contributed by atoms with Gasteiger partial charge < -0.3 is 0 Å². The fraction of sp³-hybridized carbons (Fsp3) is 0. The Balaban J connectivity index is 3.88. The van der Waals surface area contributed by atoms with Gasteiger partial charge in [0.25, 0.3) is 0 Å². The number of rotatable bonds is 3. The molecule has 0 heterocycles. The lowest BCUT2D eigenvalue weighted by Gasteiger charge is -1.80. The van der Waals surface area contributed by atoms with Crippen LogP contribution in [0.25, 0.3) is 0 Å². The summed E-state index contributed by atoms with van der Waals surface area (Å²) in [6.07, 6.45) is 9.29. The minimum absolute atomic E-state index is 1.16. The summed E-state index contributed by atoms with van der Waals surface area (Å²) in [5.41, 5.74) is 0. The first-order valence-electron chi connectivity index (χ1n) is 2.58. The molecule has 0 aromatic heterocycles. The van der Waals surface area contributed by atoms with Crippen molar-refractivity contribution in [3.63, 3.8) is 0 Å². The van der Waals surface area contributed by atoms with Gasteiger partial charge in [-0.3, -0.25) is 0 Å². The summed E-state index contributed by atoms with van der Waals surface area (Å²) in [6, 6.07) is 0. The Kier molecular flexibility index (Phi) is 5.62. The summed E-state index contributed by atoms with van der Waals surface area (Å²) >= 11 is 2.22. The molecule has 0 aliphatic rings. The molecule has 0 aliphatic carbocycles. The Morgan fingerprint density at radius 3 is 2.33 bits per heavy atom. The number of hydrogen-bond acceptors (Lipinski definition) is 0. The molecule has 0 radical (unpaired) electrons. The van der Waals surface area contributed by atoms with Crippen LogP contribution in [0.3, 0.4) is 0 Å². The van der Waals surface area contributed by atoms with Crippen molar-refractivity contribution >= 4 is 22.6 Å². The molecule has 0 rings (SSSR count). The van der Waals surface area contributed by atoms with Gasteiger partial charge in [-0.05, 0) is 34.7 Å². The van der Waals surface area contributed by atoms with E-state index in [1.807, 2.05) is 18.2 Å². The molecule has 0 aliphatic heterocycles. The van der Waals surface area contributed by atoms with E-state index in [0.717, 1.165) is 3.58 Å². The summed E-state index contributed by atoms with van der Waals surface area (Å²) in [7, 11) is 0. The fourth-order valence-corrected chi connectivity index (χ4v) is 0.790. The minimum Gasteiger partial charge on any atom is -0.0991 e. The molecule has 0 fully saturated rings. The molecule has 0 amide bonds. The van der Waals surface area contributed by atoms with Gasteiger partial charge in [0, 0.05) is 3.58 Å². The van der Waals surface area contributed by atoms with E-state index in [1.165, 1.54) is 0 Å². The van der Waals surface area contributed by atoms with Gasteiger partial charge >= 0.3 is 0 Å². The van der Waals surface area contributed by atoms with Crippen molar-refractivity contribution in [2.45, 2.75) is 0 Å². The summed E-state index contributed by atoms with van der Waals surface area (Å²) < 4.78 is 1.16. The highest BCUT2D eigenvalue weighted by molar-refractivity contribution is 14.1. The predicted octanol–water partition coefficient (Wildman–Crippen LogP) is 3.23. The molecule has 0 saturated carbocycles. The maximum Gasteiger partial charge on any atom is 0.0130 e. The third-order valence-corrected chi connectivity index (χ3v) is 1.39. The highest BCUT2D eigenvalue weighted by Crippen LogP contribution is 2.06. The Hall–Kier alpha value is -0.310. The molecular formula is C8H9I. The molecule has 0 bridgehead atoms. The number of hydrogen-bond donors (Lipinski definition) is 0. The molecule has 0 nitrogen and oxygen atoms in total. The monoisotopic (exact) mass is 232 g/mol. The maximum atomic E-state index is 3.57. The van der Waals surface area contributed by atoms with Crippen LogP contribution in [0.1, 0.15) is 0 Å². The van der Waals surface area contributed by atoms with E-state index in [9.17, 15) is 0 Å². The first kappa shape index (κ1) is 8.69. The van der Waals surface area contributed by atoms with Gasteiger partial charge in [0.1, 0.15) is 0 Å². The van der Waals surface area contributed by atoms with E-state index >= 15 is 0 Å². The van der Waals surface area contributed by atoms with Gasteiger partial charge in [0.15, 0.2) is 0 Å². The summed E-state index contributed by atoms with van der Waals surface area (Å²) in [4.78, 5) is 0. The van der Waals surface area contributed by atoms with Crippen molar-refractivity contribution < 1.29 is 0 Å².